The molecule has 0 heterocycles. The molecule has 0 bridgehead atoms. The smallest absolute Gasteiger partial charge is 0.00960 e. The molecule has 0 saturated heterocycles. The van der Waals surface area contributed by atoms with Crippen LogP contribution >= 0.6 is 31.9 Å². The lowest BCUT2D eigenvalue weighted by molar-refractivity contribution is 0.276. The standard InChI is InChI=1S/C11H22Br2/c1-4-5-6-11(8-12,9-13)7-10(2)3/h10H,4-9H2,1-3H3. The fourth-order valence-electron chi connectivity index (χ4n) is 1.80. The van der Waals surface area contributed by atoms with Gasteiger partial charge >= 0.3 is 0 Å². The number of hydrogen-bond acceptors (Lipinski definition) is 0. The Bertz CT molecular complexity index is 117. The van der Waals surface area contributed by atoms with Crippen molar-refractivity contribution >= 4 is 31.9 Å². The fourth-order valence-corrected chi connectivity index (χ4v) is 3.75. The van der Waals surface area contributed by atoms with E-state index in [1.54, 1.807) is 0 Å². The molecule has 0 fully saturated rings. The summed E-state index contributed by atoms with van der Waals surface area (Å²) in [7, 11) is 0. The van der Waals surface area contributed by atoms with Gasteiger partial charge in [0.25, 0.3) is 0 Å². The third-order valence-electron chi connectivity index (χ3n) is 2.47. The maximum absolute atomic E-state index is 3.66. The van der Waals surface area contributed by atoms with Gasteiger partial charge in [0, 0.05) is 10.7 Å². The molecule has 0 rings (SSSR count). The molecule has 0 N–H and O–H groups in total. The van der Waals surface area contributed by atoms with Gasteiger partial charge in [0.1, 0.15) is 0 Å². The SMILES string of the molecule is CCCCC(CBr)(CBr)CC(C)C. The molecule has 13 heavy (non-hydrogen) atoms. The molecule has 0 aromatic heterocycles. The van der Waals surface area contributed by atoms with Gasteiger partial charge in [0.15, 0.2) is 0 Å². The molecule has 0 nitrogen and oxygen atoms in total. The normalized spacial score (nSPS) is 12.5. The largest absolute Gasteiger partial charge is 0.0922 e. The zero-order valence-electron chi connectivity index (χ0n) is 9.08. The molecule has 0 aliphatic rings. The maximum Gasteiger partial charge on any atom is 0.00960 e. The Morgan fingerprint density at radius 1 is 1.15 bits per heavy atom. The van der Waals surface area contributed by atoms with Crippen molar-refractivity contribution in [3.05, 3.63) is 0 Å². The molecule has 0 spiro atoms. The number of hydrogen-bond donors (Lipinski definition) is 0. The highest BCUT2D eigenvalue weighted by atomic mass is 79.9. The number of halogens is 2. The Kier molecular flexibility index (Phi) is 7.82. The molecule has 0 radical (unpaired) electrons. The van der Waals surface area contributed by atoms with Crippen LogP contribution in [0, 0.1) is 11.3 Å². The van der Waals surface area contributed by atoms with Crippen molar-refractivity contribution in [2.75, 3.05) is 10.7 Å². The van der Waals surface area contributed by atoms with Crippen molar-refractivity contribution < 1.29 is 0 Å². The summed E-state index contributed by atoms with van der Waals surface area (Å²) >= 11 is 7.32. The van der Waals surface area contributed by atoms with E-state index in [1.807, 2.05) is 0 Å². The van der Waals surface area contributed by atoms with E-state index in [9.17, 15) is 0 Å². The molecule has 0 unspecified atom stereocenters. The van der Waals surface area contributed by atoms with Crippen molar-refractivity contribution in [1.29, 1.82) is 0 Å². The van der Waals surface area contributed by atoms with Crippen LogP contribution in [0.4, 0.5) is 0 Å². The van der Waals surface area contributed by atoms with E-state index >= 15 is 0 Å². The molecule has 0 aliphatic carbocycles. The van der Waals surface area contributed by atoms with Gasteiger partial charge in [-0.3, -0.25) is 0 Å². The van der Waals surface area contributed by atoms with Gasteiger partial charge < -0.3 is 0 Å². The van der Waals surface area contributed by atoms with Crippen molar-refractivity contribution in [2.24, 2.45) is 11.3 Å². The summed E-state index contributed by atoms with van der Waals surface area (Å²) in [5, 5.41) is 2.26. The van der Waals surface area contributed by atoms with Crippen LogP contribution in [0.25, 0.3) is 0 Å². The van der Waals surface area contributed by atoms with Crippen LogP contribution in [0.3, 0.4) is 0 Å². The molecule has 0 saturated carbocycles. The van der Waals surface area contributed by atoms with Crippen LogP contribution in [-0.4, -0.2) is 10.7 Å². The minimum Gasteiger partial charge on any atom is -0.0922 e. The van der Waals surface area contributed by atoms with E-state index in [4.69, 9.17) is 0 Å². The Balaban J connectivity index is 4.13. The molecular formula is C11H22Br2. The zero-order valence-corrected chi connectivity index (χ0v) is 12.2. The van der Waals surface area contributed by atoms with E-state index in [0.717, 1.165) is 16.6 Å². The summed E-state index contributed by atoms with van der Waals surface area (Å²) in [6.07, 6.45) is 5.32. The van der Waals surface area contributed by atoms with Crippen molar-refractivity contribution in [3.63, 3.8) is 0 Å². The highest BCUT2D eigenvalue weighted by Gasteiger charge is 2.27. The summed E-state index contributed by atoms with van der Waals surface area (Å²) < 4.78 is 0. The van der Waals surface area contributed by atoms with Gasteiger partial charge in [-0.05, 0) is 24.2 Å². The summed E-state index contributed by atoms with van der Waals surface area (Å²) in [6.45, 7) is 6.89. The first-order valence-corrected chi connectivity index (χ1v) is 7.46. The number of unbranched alkanes of at least 4 members (excludes halogenated alkanes) is 1. The lowest BCUT2D eigenvalue weighted by atomic mass is 9.80. The van der Waals surface area contributed by atoms with Gasteiger partial charge in [-0.15, -0.1) is 0 Å². The topological polar surface area (TPSA) is 0 Å². The van der Waals surface area contributed by atoms with Crippen LogP contribution in [0.2, 0.25) is 0 Å². The summed E-state index contributed by atoms with van der Waals surface area (Å²) in [5.74, 6) is 0.798. The molecule has 0 atom stereocenters. The second-order valence-corrected chi connectivity index (χ2v) is 5.59. The molecule has 0 aromatic rings. The van der Waals surface area contributed by atoms with Gasteiger partial charge in [0.05, 0.1) is 0 Å². The van der Waals surface area contributed by atoms with Crippen LogP contribution in [-0.2, 0) is 0 Å². The first-order valence-electron chi connectivity index (χ1n) is 5.22. The first-order chi connectivity index (χ1) is 6.10. The molecule has 0 amide bonds. The van der Waals surface area contributed by atoms with Crippen molar-refractivity contribution in [1.82, 2.24) is 0 Å². The number of rotatable bonds is 7. The number of alkyl halides is 2. The van der Waals surface area contributed by atoms with E-state index in [1.165, 1.54) is 25.7 Å². The predicted octanol–water partition coefficient (Wildman–Crippen LogP) is 5.00. The summed E-state index contributed by atoms with van der Waals surface area (Å²) in [6, 6.07) is 0. The Labute approximate surface area is 100 Å². The van der Waals surface area contributed by atoms with E-state index in [0.29, 0.717) is 5.41 Å². The van der Waals surface area contributed by atoms with Crippen molar-refractivity contribution in [2.45, 2.75) is 46.5 Å². The predicted molar refractivity (Wildman–Crippen MR) is 69.0 cm³/mol. The average Bonchev–Trinajstić information content (AvgIpc) is 2.12. The van der Waals surface area contributed by atoms with E-state index in [2.05, 4.69) is 52.6 Å². The minimum absolute atomic E-state index is 0.490. The van der Waals surface area contributed by atoms with Crippen LogP contribution in [0.15, 0.2) is 0 Å². The van der Waals surface area contributed by atoms with E-state index < -0.39 is 0 Å². The lowest BCUT2D eigenvalue weighted by Crippen LogP contribution is -2.26. The van der Waals surface area contributed by atoms with Gasteiger partial charge in [-0.1, -0.05) is 65.5 Å². The molecule has 0 aromatic carbocycles. The highest BCUT2D eigenvalue weighted by molar-refractivity contribution is 9.09. The third kappa shape index (κ3) is 5.41. The van der Waals surface area contributed by atoms with Crippen molar-refractivity contribution in [3.8, 4) is 0 Å². The second-order valence-electron chi connectivity index (χ2n) is 4.47. The lowest BCUT2D eigenvalue weighted by Gasteiger charge is -2.31. The van der Waals surface area contributed by atoms with E-state index in [-0.39, 0.29) is 0 Å². The zero-order chi connectivity index (χ0) is 10.3. The van der Waals surface area contributed by atoms with Gasteiger partial charge in [-0.25, -0.2) is 0 Å². The average molecular weight is 314 g/mol. The fraction of sp³-hybridized carbons (Fsp3) is 1.00. The van der Waals surface area contributed by atoms with Crippen LogP contribution in [0.5, 0.6) is 0 Å². The first kappa shape index (κ1) is 14.0. The van der Waals surface area contributed by atoms with Crippen LogP contribution in [0.1, 0.15) is 46.5 Å². The molecule has 80 valence electrons. The molecule has 0 aliphatic heterocycles. The monoisotopic (exact) mass is 312 g/mol. The Morgan fingerprint density at radius 2 is 1.69 bits per heavy atom. The maximum atomic E-state index is 3.66. The summed E-state index contributed by atoms with van der Waals surface area (Å²) in [4.78, 5) is 0. The quantitative estimate of drug-likeness (QED) is 0.580. The van der Waals surface area contributed by atoms with Gasteiger partial charge in [0.2, 0.25) is 0 Å². The molecule has 2 heteroatoms. The third-order valence-corrected chi connectivity index (χ3v) is 4.85. The Hall–Kier alpha value is 0.960. The minimum atomic E-state index is 0.490. The van der Waals surface area contributed by atoms with Gasteiger partial charge in [-0.2, -0.15) is 0 Å². The highest BCUT2D eigenvalue weighted by Crippen LogP contribution is 2.36. The van der Waals surface area contributed by atoms with Crippen LogP contribution < -0.4 is 0 Å². The Morgan fingerprint density at radius 3 is 2.00 bits per heavy atom. The summed E-state index contributed by atoms with van der Waals surface area (Å²) in [5.41, 5.74) is 0.490. The second kappa shape index (κ2) is 7.28. The molecular weight excluding hydrogens is 292 g/mol.